The van der Waals surface area contributed by atoms with Crippen molar-refractivity contribution in [2.24, 2.45) is 0 Å². The number of nitrogens with zero attached hydrogens (tertiary/aromatic N) is 2. The van der Waals surface area contributed by atoms with Crippen LogP contribution >= 0.6 is 27.5 Å². The second-order valence-corrected chi connectivity index (χ2v) is 8.91. The van der Waals surface area contributed by atoms with Crippen LogP contribution in [0.2, 0.25) is 5.02 Å². The average Bonchev–Trinajstić information content (AvgIpc) is 3.08. The fourth-order valence-electron chi connectivity index (χ4n) is 4.09. The highest BCUT2D eigenvalue weighted by atomic mass is 79.9. The minimum atomic E-state index is -0.788. The van der Waals surface area contributed by atoms with E-state index in [0.717, 1.165) is 0 Å². The molecular weight excluding hydrogens is 512 g/mol. The van der Waals surface area contributed by atoms with Crippen LogP contribution in [0.3, 0.4) is 0 Å². The zero-order chi connectivity index (χ0) is 23.3. The molecule has 1 aliphatic rings. The molecule has 5 rings (SSSR count). The normalized spacial score (nSPS) is 15.2. The Balaban J connectivity index is 1.72. The highest BCUT2D eigenvalue weighted by molar-refractivity contribution is 9.10. The number of carbonyl (C=O) groups is 1. The molecule has 0 N–H and O–H groups in total. The molecule has 0 bridgehead atoms. The van der Waals surface area contributed by atoms with E-state index in [1.54, 1.807) is 48.5 Å². The first-order valence-corrected chi connectivity index (χ1v) is 11.1. The molecule has 33 heavy (non-hydrogen) atoms. The van der Waals surface area contributed by atoms with Crippen LogP contribution < -0.4 is 5.43 Å². The summed E-state index contributed by atoms with van der Waals surface area (Å²) in [7, 11) is 0. The first-order valence-electron chi connectivity index (χ1n) is 9.90. The van der Waals surface area contributed by atoms with E-state index in [1.165, 1.54) is 17.0 Å². The zero-order valence-electron chi connectivity index (χ0n) is 16.8. The molecule has 3 aromatic carbocycles. The van der Waals surface area contributed by atoms with Crippen LogP contribution in [0.15, 0.2) is 80.4 Å². The largest absolute Gasteiger partial charge is 0.450 e. The molecule has 1 aromatic heterocycles. The lowest BCUT2D eigenvalue weighted by Gasteiger charge is -2.25. The van der Waals surface area contributed by atoms with Gasteiger partial charge in [0.1, 0.15) is 5.58 Å². The number of hydrogen-bond acceptors (Lipinski definition) is 5. The van der Waals surface area contributed by atoms with Crippen LogP contribution in [-0.4, -0.2) is 15.7 Å². The summed E-state index contributed by atoms with van der Waals surface area (Å²) in [6.45, 7) is 0.129. The minimum Gasteiger partial charge on any atom is -0.450 e. The van der Waals surface area contributed by atoms with E-state index in [0.29, 0.717) is 31.6 Å². The summed E-state index contributed by atoms with van der Waals surface area (Å²) in [5, 5.41) is 11.9. The van der Waals surface area contributed by atoms with Gasteiger partial charge in [-0.1, -0.05) is 45.7 Å². The van der Waals surface area contributed by atoms with Gasteiger partial charge in [0.2, 0.25) is 5.76 Å². The van der Waals surface area contributed by atoms with Crippen molar-refractivity contribution in [2.45, 2.75) is 12.6 Å². The van der Waals surface area contributed by atoms with Crippen molar-refractivity contribution in [3.05, 3.63) is 119 Å². The van der Waals surface area contributed by atoms with Crippen molar-refractivity contribution in [3.8, 4) is 0 Å². The second-order valence-electron chi connectivity index (χ2n) is 7.59. The molecule has 0 spiro atoms. The molecule has 4 aromatic rings. The lowest BCUT2D eigenvalue weighted by Crippen LogP contribution is -2.29. The molecule has 0 saturated carbocycles. The molecule has 0 aliphatic carbocycles. The maximum Gasteiger partial charge on any atom is 0.291 e. The average molecular weight is 526 g/mol. The summed E-state index contributed by atoms with van der Waals surface area (Å²) in [4.78, 5) is 39.1. The Kier molecular flexibility index (Phi) is 5.26. The van der Waals surface area contributed by atoms with Gasteiger partial charge in [-0.2, -0.15) is 0 Å². The fourth-order valence-corrected chi connectivity index (χ4v) is 4.65. The van der Waals surface area contributed by atoms with Gasteiger partial charge in [0.05, 0.1) is 21.9 Å². The number of rotatable bonds is 4. The van der Waals surface area contributed by atoms with Gasteiger partial charge in [-0.3, -0.25) is 19.7 Å². The molecule has 1 aliphatic heterocycles. The summed E-state index contributed by atoms with van der Waals surface area (Å²) >= 11 is 9.71. The van der Waals surface area contributed by atoms with Crippen LogP contribution in [0.4, 0.5) is 5.69 Å². The number of benzene rings is 3. The van der Waals surface area contributed by atoms with E-state index < -0.39 is 16.9 Å². The van der Waals surface area contributed by atoms with E-state index in [2.05, 4.69) is 15.9 Å². The summed E-state index contributed by atoms with van der Waals surface area (Å²) in [6, 6.07) is 17.1. The van der Waals surface area contributed by atoms with Gasteiger partial charge >= 0.3 is 0 Å². The van der Waals surface area contributed by atoms with E-state index in [9.17, 15) is 19.7 Å². The molecule has 0 fully saturated rings. The number of fused-ring (bicyclic) bond motifs is 2. The number of nitro benzene ring substituents is 1. The second kappa shape index (κ2) is 8.13. The predicted molar refractivity (Wildman–Crippen MR) is 126 cm³/mol. The molecule has 164 valence electrons. The summed E-state index contributed by atoms with van der Waals surface area (Å²) in [6.07, 6.45) is 0. The van der Waals surface area contributed by atoms with E-state index >= 15 is 0 Å². The number of halogens is 2. The van der Waals surface area contributed by atoms with E-state index in [-0.39, 0.29) is 29.0 Å². The molecule has 7 nitrogen and oxygen atoms in total. The van der Waals surface area contributed by atoms with Crippen LogP contribution in [0.25, 0.3) is 11.0 Å². The highest BCUT2D eigenvalue weighted by Gasteiger charge is 2.43. The maximum absolute atomic E-state index is 13.5. The van der Waals surface area contributed by atoms with Crippen molar-refractivity contribution in [2.75, 3.05) is 0 Å². The molecule has 0 saturated heterocycles. The molecular formula is C24H14BrClN2O5. The van der Waals surface area contributed by atoms with Crippen LogP contribution in [0.1, 0.15) is 33.3 Å². The summed E-state index contributed by atoms with van der Waals surface area (Å²) in [5.41, 5.74) is 1.35. The predicted octanol–water partition coefficient (Wildman–Crippen LogP) is 5.86. The molecule has 0 radical (unpaired) electrons. The standard InChI is InChI=1S/C24H14BrClN2O5/c25-15-7-10-19-17(11-15)22(29)20-21(13-5-8-16(9-6-13)28(31)32)27(24(30)23(20)33-19)12-14-3-1-2-4-18(14)26/h1-11,21H,12H2/t21-/m1/s1. The first-order chi connectivity index (χ1) is 15.8. The number of nitro groups is 1. The lowest BCUT2D eigenvalue weighted by atomic mass is 9.98. The smallest absolute Gasteiger partial charge is 0.291 e. The Labute approximate surface area is 200 Å². The van der Waals surface area contributed by atoms with Crippen LogP contribution in [-0.2, 0) is 6.54 Å². The topological polar surface area (TPSA) is 93.7 Å². The van der Waals surface area contributed by atoms with Gasteiger partial charge in [-0.15, -0.1) is 0 Å². The molecule has 0 unspecified atom stereocenters. The van der Waals surface area contributed by atoms with Crippen molar-refractivity contribution in [1.29, 1.82) is 0 Å². The quantitative estimate of drug-likeness (QED) is 0.246. The molecule has 9 heteroatoms. The number of hydrogen-bond donors (Lipinski definition) is 0. The monoisotopic (exact) mass is 524 g/mol. The highest BCUT2D eigenvalue weighted by Crippen LogP contribution is 2.40. The van der Waals surface area contributed by atoms with Gasteiger partial charge in [0.25, 0.3) is 11.6 Å². The Morgan fingerprint density at radius 1 is 1.06 bits per heavy atom. The van der Waals surface area contributed by atoms with E-state index in [1.807, 2.05) is 6.07 Å². The van der Waals surface area contributed by atoms with Crippen molar-refractivity contribution < 1.29 is 14.1 Å². The van der Waals surface area contributed by atoms with Crippen molar-refractivity contribution >= 4 is 50.1 Å². The third-order valence-electron chi connectivity index (χ3n) is 5.65. The fraction of sp³-hybridized carbons (Fsp3) is 0.0833. The van der Waals surface area contributed by atoms with Crippen molar-refractivity contribution in [1.82, 2.24) is 4.90 Å². The van der Waals surface area contributed by atoms with Crippen LogP contribution in [0, 0.1) is 10.1 Å². The van der Waals surface area contributed by atoms with Gasteiger partial charge in [0.15, 0.2) is 5.43 Å². The van der Waals surface area contributed by atoms with Gasteiger partial charge in [-0.05, 0) is 47.5 Å². The lowest BCUT2D eigenvalue weighted by molar-refractivity contribution is -0.384. The molecule has 2 heterocycles. The van der Waals surface area contributed by atoms with Crippen molar-refractivity contribution in [3.63, 3.8) is 0 Å². The van der Waals surface area contributed by atoms with E-state index in [4.69, 9.17) is 16.0 Å². The Morgan fingerprint density at radius 3 is 2.48 bits per heavy atom. The van der Waals surface area contributed by atoms with Gasteiger partial charge in [0, 0.05) is 28.2 Å². The number of amides is 1. The summed E-state index contributed by atoms with van der Waals surface area (Å²) < 4.78 is 6.61. The third-order valence-corrected chi connectivity index (χ3v) is 6.51. The van der Waals surface area contributed by atoms with Crippen LogP contribution in [0.5, 0.6) is 0 Å². The SMILES string of the molecule is O=C1c2oc3ccc(Br)cc3c(=O)c2[C@@H](c2ccc([N+](=O)[O-])cc2)N1Cc1ccccc1Cl. The Bertz CT molecular complexity index is 1500. The minimum absolute atomic E-state index is 0.0368. The third kappa shape index (κ3) is 3.61. The molecule has 1 atom stereocenters. The number of carbonyl (C=O) groups excluding carboxylic acids is 1. The Morgan fingerprint density at radius 2 is 1.79 bits per heavy atom. The zero-order valence-corrected chi connectivity index (χ0v) is 19.2. The molecule has 1 amide bonds. The maximum atomic E-state index is 13.5. The number of non-ortho nitro benzene ring substituents is 1. The first kappa shape index (κ1) is 21.4. The van der Waals surface area contributed by atoms with Gasteiger partial charge in [-0.25, -0.2) is 0 Å². The summed E-state index contributed by atoms with van der Waals surface area (Å²) in [5.74, 6) is -0.486. The Hall–Kier alpha value is -3.49. The van der Waals surface area contributed by atoms with Gasteiger partial charge < -0.3 is 9.32 Å².